The van der Waals surface area contributed by atoms with Gasteiger partial charge in [0.2, 0.25) is 5.91 Å². The predicted octanol–water partition coefficient (Wildman–Crippen LogP) is 3.32. The summed E-state index contributed by atoms with van der Waals surface area (Å²) in [6.07, 6.45) is 2.79. The Hall–Kier alpha value is -2.82. The van der Waals surface area contributed by atoms with Crippen LogP contribution >= 0.6 is 0 Å². The smallest absolute Gasteiger partial charge is 0.224 e. The Morgan fingerprint density at radius 2 is 2.08 bits per heavy atom. The number of ether oxygens (including phenoxy) is 1. The van der Waals surface area contributed by atoms with Crippen molar-refractivity contribution in [2.45, 2.75) is 31.7 Å². The number of aromatic nitrogens is 2. The fraction of sp³-hybridized carbons (Fsp3) is 0.333. The molecule has 1 aliphatic rings. The molecular weight excluding hydrogens is 326 g/mol. The number of imidazole rings is 1. The molecule has 0 spiro atoms. The minimum absolute atomic E-state index is 0.0192. The van der Waals surface area contributed by atoms with Crippen molar-refractivity contribution in [1.82, 2.24) is 14.9 Å². The number of nitrogens with one attached hydrogen (secondary N) is 1. The van der Waals surface area contributed by atoms with Crippen molar-refractivity contribution in [2.75, 3.05) is 7.11 Å². The number of nitrogens with zero attached hydrogens (tertiary/aromatic N) is 2. The van der Waals surface area contributed by atoms with Crippen LogP contribution in [0.1, 0.15) is 35.7 Å². The summed E-state index contributed by atoms with van der Waals surface area (Å²) in [4.78, 5) is 17.1. The molecule has 0 atom stereocenters. The van der Waals surface area contributed by atoms with Crippen molar-refractivity contribution in [1.29, 1.82) is 0 Å². The zero-order chi connectivity index (χ0) is 18.1. The maximum Gasteiger partial charge on any atom is 0.224 e. The highest BCUT2D eigenvalue weighted by atomic mass is 16.5. The van der Waals surface area contributed by atoms with Crippen LogP contribution in [0.2, 0.25) is 0 Å². The van der Waals surface area contributed by atoms with Gasteiger partial charge in [0.25, 0.3) is 0 Å². The molecule has 0 unspecified atom stereocenters. The van der Waals surface area contributed by atoms with E-state index in [1.165, 1.54) is 18.7 Å². The standard InChI is InChI=1S/C21H23N3O2/c1-24-18-10-7-14(11-17(18)23-21(24)15-8-9-15)13-22-20(25)12-16-5-3-4-6-19(16)26-2/h3-7,10-11,15H,8-9,12-13H2,1-2H3,(H,22,25). The van der Waals surface area contributed by atoms with Crippen LogP contribution in [0.3, 0.4) is 0 Å². The first-order valence-corrected chi connectivity index (χ1v) is 8.99. The number of benzene rings is 2. The fourth-order valence-corrected chi connectivity index (χ4v) is 3.37. The van der Waals surface area contributed by atoms with Gasteiger partial charge in [-0.1, -0.05) is 24.3 Å². The highest BCUT2D eigenvalue weighted by molar-refractivity contribution is 5.80. The third kappa shape index (κ3) is 3.29. The molecule has 1 N–H and O–H groups in total. The van der Waals surface area contributed by atoms with Crippen LogP contribution in [0, 0.1) is 0 Å². The average Bonchev–Trinajstić information content (AvgIpc) is 3.45. The molecule has 134 valence electrons. The monoisotopic (exact) mass is 349 g/mol. The van der Waals surface area contributed by atoms with Crippen LogP contribution in [0.5, 0.6) is 5.75 Å². The van der Waals surface area contributed by atoms with E-state index in [4.69, 9.17) is 9.72 Å². The Balaban J connectivity index is 1.43. The van der Waals surface area contributed by atoms with E-state index in [9.17, 15) is 4.79 Å². The molecule has 1 aromatic heterocycles. The molecule has 4 rings (SSSR count). The van der Waals surface area contributed by atoms with Crippen LogP contribution in [0.4, 0.5) is 0 Å². The van der Waals surface area contributed by atoms with E-state index < -0.39 is 0 Å². The van der Waals surface area contributed by atoms with Crippen molar-refractivity contribution in [3.8, 4) is 5.75 Å². The molecule has 0 bridgehead atoms. The lowest BCUT2D eigenvalue weighted by molar-refractivity contribution is -0.120. The zero-order valence-electron chi connectivity index (χ0n) is 15.2. The summed E-state index contributed by atoms with van der Waals surface area (Å²) in [5.74, 6) is 2.52. The second-order valence-electron chi connectivity index (χ2n) is 6.89. The van der Waals surface area contributed by atoms with E-state index in [1.54, 1.807) is 7.11 Å². The van der Waals surface area contributed by atoms with Crippen LogP contribution in [0.15, 0.2) is 42.5 Å². The molecule has 1 heterocycles. The van der Waals surface area contributed by atoms with Gasteiger partial charge in [0.05, 0.1) is 24.6 Å². The lowest BCUT2D eigenvalue weighted by Crippen LogP contribution is -2.24. The summed E-state index contributed by atoms with van der Waals surface area (Å²) in [7, 11) is 3.70. The Morgan fingerprint density at radius 1 is 1.27 bits per heavy atom. The van der Waals surface area contributed by atoms with Gasteiger partial charge in [0, 0.05) is 25.1 Å². The maximum atomic E-state index is 12.3. The molecule has 1 saturated carbocycles. The third-order valence-corrected chi connectivity index (χ3v) is 4.96. The highest BCUT2D eigenvalue weighted by Crippen LogP contribution is 2.40. The van der Waals surface area contributed by atoms with Gasteiger partial charge in [0.1, 0.15) is 11.6 Å². The lowest BCUT2D eigenvalue weighted by Gasteiger charge is -2.09. The van der Waals surface area contributed by atoms with Gasteiger partial charge in [0.15, 0.2) is 0 Å². The highest BCUT2D eigenvalue weighted by Gasteiger charge is 2.28. The van der Waals surface area contributed by atoms with E-state index >= 15 is 0 Å². The SMILES string of the molecule is COc1ccccc1CC(=O)NCc1ccc2c(c1)nc(C1CC1)n2C. The first kappa shape index (κ1) is 16.6. The van der Waals surface area contributed by atoms with Crippen LogP contribution in [0.25, 0.3) is 11.0 Å². The normalized spacial score (nSPS) is 13.8. The van der Waals surface area contributed by atoms with E-state index in [-0.39, 0.29) is 5.91 Å². The number of hydrogen-bond acceptors (Lipinski definition) is 3. The summed E-state index contributed by atoms with van der Waals surface area (Å²) in [5, 5.41) is 2.99. The van der Waals surface area contributed by atoms with Crippen molar-refractivity contribution >= 4 is 16.9 Å². The Kier molecular flexibility index (Phi) is 4.37. The summed E-state index contributed by atoms with van der Waals surface area (Å²) in [6.45, 7) is 0.499. The molecule has 1 fully saturated rings. The van der Waals surface area contributed by atoms with Gasteiger partial charge in [-0.05, 0) is 36.6 Å². The molecule has 0 radical (unpaired) electrons. The van der Waals surface area contributed by atoms with E-state index in [0.717, 1.165) is 27.9 Å². The number of aryl methyl sites for hydroxylation is 1. The largest absolute Gasteiger partial charge is 0.496 e. The molecular formula is C21H23N3O2. The van der Waals surface area contributed by atoms with Crippen molar-refractivity contribution in [3.05, 3.63) is 59.4 Å². The number of carbonyl (C=O) groups excluding carboxylic acids is 1. The number of carbonyl (C=O) groups is 1. The predicted molar refractivity (Wildman–Crippen MR) is 101 cm³/mol. The van der Waals surface area contributed by atoms with Crippen molar-refractivity contribution in [2.24, 2.45) is 7.05 Å². The van der Waals surface area contributed by atoms with Crippen molar-refractivity contribution in [3.63, 3.8) is 0 Å². The molecule has 1 aliphatic carbocycles. The molecule has 0 aliphatic heterocycles. The minimum Gasteiger partial charge on any atom is -0.496 e. The van der Waals surface area contributed by atoms with E-state index in [0.29, 0.717) is 18.9 Å². The summed E-state index contributed by atoms with van der Waals surface area (Å²) in [6, 6.07) is 13.8. The summed E-state index contributed by atoms with van der Waals surface area (Å²) in [5.41, 5.74) is 4.11. The summed E-state index contributed by atoms with van der Waals surface area (Å²) >= 11 is 0. The number of hydrogen-bond donors (Lipinski definition) is 1. The molecule has 26 heavy (non-hydrogen) atoms. The Labute approximate surface area is 153 Å². The van der Waals surface area contributed by atoms with Gasteiger partial charge >= 0.3 is 0 Å². The molecule has 5 nitrogen and oxygen atoms in total. The fourth-order valence-electron chi connectivity index (χ4n) is 3.37. The summed E-state index contributed by atoms with van der Waals surface area (Å²) < 4.78 is 7.50. The molecule has 3 aromatic rings. The molecule has 2 aromatic carbocycles. The van der Waals surface area contributed by atoms with Gasteiger partial charge < -0.3 is 14.6 Å². The first-order chi connectivity index (χ1) is 12.7. The third-order valence-electron chi connectivity index (χ3n) is 4.96. The number of fused-ring (bicyclic) bond motifs is 1. The minimum atomic E-state index is -0.0192. The van der Waals surface area contributed by atoms with E-state index in [1.807, 2.05) is 24.3 Å². The number of para-hydroxylation sites is 1. The van der Waals surface area contributed by atoms with Crippen LogP contribution < -0.4 is 10.1 Å². The van der Waals surface area contributed by atoms with Gasteiger partial charge in [-0.15, -0.1) is 0 Å². The molecule has 5 heteroatoms. The quantitative estimate of drug-likeness (QED) is 0.743. The van der Waals surface area contributed by atoms with Crippen molar-refractivity contribution < 1.29 is 9.53 Å². The van der Waals surface area contributed by atoms with Gasteiger partial charge in [-0.25, -0.2) is 4.98 Å². The zero-order valence-corrected chi connectivity index (χ0v) is 15.2. The Morgan fingerprint density at radius 3 is 2.85 bits per heavy atom. The number of rotatable bonds is 6. The molecule has 1 amide bonds. The topological polar surface area (TPSA) is 56.1 Å². The van der Waals surface area contributed by atoms with E-state index in [2.05, 4.69) is 35.1 Å². The second kappa shape index (κ2) is 6.83. The van der Waals surface area contributed by atoms with Gasteiger partial charge in [-0.2, -0.15) is 0 Å². The maximum absolute atomic E-state index is 12.3. The molecule has 0 saturated heterocycles. The average molecular weight is 349 g/mol. The number of methoxy groups -OCH3 is 1. The number of amides is 1. The van der Waals surface area contributed by atoms with Crippen LogP contribution in [-0.4, -0.2) is 22.6 Å². The van der Waals surface area contributed by atoms with Gasteiger partial charge in [-0.3, -0.25) is 4.79 Å². The first-order valence-electron chi connectivity index (χ1n) is 8.99. The Bertz CT molecular complexity index is 957. The second-order valence-corrected chi connectivity index (χ2v) is 6.89. The van der Waals surface area contributed by atoms with Crippen LogP contribution in [-0.2, 0) is 24.8 Å². The lowest BCUT2D eigenvalue weighted by atomic mass is 10.1.